The topological polar surface area (TPSA) is 91.2 Å². The highest BCUT2D eigenvalue weighted by Gasteiger charge is 2.09. The Balaban J connectivity index is 3.05. The number of nitrogen functional groups attached to an aromatic ring is 1. The lowest BCUT2D eigenvalue weighted by Crippen LogP contribution is -2.31. The van der Waals surface area contributed by atoms with Gasteiger partial charge in [-0.1, -0.05) is 13.8 Å². The molecule has 1 aromatic heterocycles. The summed E-state index contributed by atoms with van der Waals surface area (Å²) < 4.78 is 0.569. The van der Waals surface area contributed by atoms with Gasteiger partial charge in [0.15, 0.2) is 0 Å². The fourth-order valence-electron chi connectivity index (χ4n) is 1.55. The fourth-order valence-corrected chi connectivity index (χ4v) is 1.55. The van der Waals surface area contributed by atoms with E-state index in [1.54, 1.807) is 6.07 Å². The van der Waals surface area contributed by atoms with E-state index in [1.165, 1.54) is 0 Å². The molecule has 0 spiro atoms. The molecule has 0 aromatic carbocycles. The standard InChI is InChI=1S/C10H19N5O/c1-3-5-14(6-4-2)9-7-8(11)15(16)10(12)13-9/h7,12,16H,3-6,11H2,1-2H3. The Morgan fingerprint density at radius 1 is 1.44 bits per heavy atom. The molecule has 0 saturated heterocycles. The van der Waals surface area contributed by atoms with Crippen LogP contribution >= 0.6 is 0 Å². The molecule has 0 radical (unpaired) electrons. The van der Waals surface area contributed by atoms with Gasteiger partial charge in [-0.15, -0.1) is 4.73 Å². The summed E-state index contributed by atoms with van der Waals surface area (Å²) in [4.78, 5) is 6.06. The smallest absolute Gasteiger partial charge is 0.259 e. The molecule has 4 N–H and O–H groups in total. The summed E-state index contributed by atoms with van der Waals surface area (Å²) in [6, 6.07) is 1.59. The van der Waals surface area contributed by atoms with Crippen molar-refractivity contribution < 1.29 is 5.21 Å². The number of anilines is 2. The molecule has 0 amide bonds. The van der Waals surface area contributed by atoms with E-state index < -0.39 is 0 Å². The molecule has 90 valence electrons. The molecule has 0 atom stereocenters. The second-order valence-electron chi connectivity index (χ2n) is 3.66. The van der Waals surface area contributed by atoms with Crippen LogP contribution in [-0.4, -0.2) is 28.0 Å². The van der Waals surface area contributed by atoms with Crippen LogP contribution in [0.5, 0.6) is 0 Å². The van der Waals surface area contributed by atoms with Gasteiger partial charge in [-0.25, -0.2) is 0 Å². The van der Waals surface area contributed by atoms with Gasteiger partial charge < -0.3 is 15.8 Å². The van der Waals surface area contributed by atoms with Crippen LogP contribution in [0.15, 0.2) is 6.07 Å². The molecule has 0 unspecified atom stereocenters. The fraction of sp³-hybridized carbons (Fsp3) is 0.600. The van der Waals surface area contributed by atoms with Gasteiger partial charge in [-0.2, -0.15) is 4.98 Å². The summed E-state index contributed by atoms with van der Waals surface area (Å²) >= 11 is 0. The van der Waals surface area contributed by atoms with Gasteiger partial charge in [0.2, 0.25) is 0 Å². The van der Waals surface area contributed by atoms with Crippen LogP contribution in [0.4, 0.5) is 11.6 Å². The summed E-state index contributed by atoms with van der Waals surface area (Å²) in [5, 5.41) is 16.7. The second kappa shape index (κ2) is 5.39. The first-order valence-corrected chi connectivity index (χ1v) is 5.48. The van der Waals surface area contributed by atoms with E-state index in [2.05, 4.69) is 23.7 Å². The lowest BCUT2D eigenvalue weighted by atomic mass is 10.3. The molecule has 6 nitrogen and oxygen atoms in total. The van der Waals surface area contributed by atoms with Crippen molar-refractivity contribution in [3.05, 3.63) is 11.7 Å². The Morgan fingerprint density at radius 2 is 2.00 bits per heavy atom. The molecular weight excluding hydrogens is 206 g/mol. The van der Waals surface area contributed by atoms with Crippen LogP contribution in [0.2, 0.25) is 0 Å². The van der Waals surface area contributed by atoms with E-state index in [0.29, 0.717) is 10.5 Å². The molecule has 16 heavy (non-hydrogen) atoms. The first-order valence-electron chi connectivity index (χ1n) is 5.48. The number of nitrogens with one attached hydrogen (secondary N) is 1. The number of rotatable bonds is 5. The van der Waals surface area contributed by atoms with Gasteiger partial charge in [-0.05, 0) is 12.8 Å². The lowest BCUT2D eigenvalue weighted by molar-refractivity contribution is 0.171. The number of hydrogen-bond donors (Lipinski definition) is 3. The monoisotopic (exact) mass is 225 g/mol. The molecule has 0 aliphatic heterocycles. The third kappa shape index (κ3) is 2.65. The van der Waals surface area contributed by atoms with Gasteiger partial charge >= 0.3 is 0 Å². The number of aromatic nitrogens is 2. The van der Waals surface area contributed by atoms with Gasteiger partial charge in [0, 0.05) is 19.2 Å². The van der Waals surface area contributed by atoms with E-state index in [4.69, 9.17) is 11.1 Å². The van der Waals surface area contributed by atoms with E-state index in [-0.39, 0.29) is 11.4 Å². The highest BCUT2D eigenvalue weighted by atomic mass is 16.5. The Kier molecular flexibility index (Phi) is 4.16. The summed E-state index contributed by atoms with van der Waals surface area (Å²) in [6.07, 6.45) is 2.01. The third-order valence-electron chi connectivity index (χ3n) is 2.25. The Bertz CT molecular complexity index is 395. The van der Waals surface area contributed by atoms with E-state index in [1.807, 2.05) is 0 Å². The van der Waals surface area contributed by atoms with E-state index in [0.717, 1.165) is 25.9 Å². The maximum atomic E-state index is 9.30. The van der Waals surface area contributed by atoms with Crippen LogP contribution in [0.3, 0.4) is 0 Å². The molecule has 1 aromatic rings. The van der Waals surface area contributed by atoms with Crippen molar-refractivity contribution in [1.29, 1.82) is 5.41 Å². The quantitative estimate of drug-likeness (QED) is 0.647. The molecular formula is C10H19N5O. The minimum absolute atomic E-state index is 0.132. The summed E-state index contributed by atoms with van der Waals surface area (Å²) in [5.74, 6) is 0.781. The zero-order valence-corrected chi connectivity index (χ0v) is 9.77. The van der Waals surface area contributed by atoms with Crippen molar-refractivity contribution in [3.63, 3.8) is 0 Å². The summed E-state index contributed by atoms with van der Waals surface area (Å²) in [6.45, 7) is 5.91. The van der Waals surface area contributed by atoms with Crippen molar-refractivity contribution in [2.24, 2.45) is 0 Å². The van der Waals surface area contributed by atoms with Crippen LogP contribution in [0.1, 0.15) is 26.7 Å². The number of nitrogens with two attached hydrogens (primary N) is 1. The molecule has 6 heteroatoms. The number of hydrogen-bond acceptors (Lipinski definition) is 5. The zero-order valence-electron chi connectivity index (χ0n) is 9.77. The first kappa shape index (κ1) is 12.4. The van der Waals surface area contributed by atoms with Crippen LogP contribution in [0.25, 0.3) is 0 Å². The van der Waals surface area contributed by atoms with Gasteiger partial charge in [0.05, 0.1) is 0 Å². The zero-order chi connectivity index (χ0) is 12.1. The molecule has 1 rings (SSSR count). The van der Waals surface area contributed by atoms with Crippen LogP contribution < -0.4 is 16.3 Å². The predicted molar refractivity (Wildman–Crippen MR) is 62.5 cm³/mol. The summed E-state index contributed by atoms with van der Waals surface area (Å²) in [7, 11) is 0. The molecule has 0 fully saturated rings. The average Bonchev–Trinajstić information content (AvgIpc) is 2.25. The summed E-state index contributed by atoms with van der Waals surface area (Å²) in [5.41, 5.74) is 5.33. The Labute approximate surface area is 94.8 Å². The van der Waals surface area contributed by atoms with Crippen molar-refractivity contribution in [2.75, 3.05) is 23.7 Å². The van der Waals surface area contributed by atoms with Crippen LogP contribution in [-0.2, 0) is 0 Å². The predicted octanol–water partition coefficient (Wildman–Crippen LogP) is 0.808. The first-order chi connectivity index (χ1) is 7.60. The van der Waals surface area contributed by atoms with Gasteiger partial charge in [0.1, 0.15) is 11.6 Å². The molecule has 1 heterocycles. The maximum absolute atomic E-state index is 9.30. The Hall–Kier alpha value is -1.72. The second-order valence-corrected chi connectivity index (χ2v) is 3.66. The van der Waals surface area contributed by atoms with E-state index >= 15 is 0 Å². The highest BCUT2D eigenvalue weighted by molar-refractivity contribution is 5.46. The maximum Gasteiger partial charge on any atom is 0.259 e. The average molecular weight is 225 g/mol. The molecule has 0 bridgehead atoms. The van der Waals surface area contributed by atoms with Crippen molar-refractivity contribution in [3.8, 4) is 0 Å². The normalized spacial score (nSPS) is 10.4. The van der Waals surface area contributed by atoms with Crippen molar-refractivity contribution in [2.45, 2.75) is 26.7 Å². The molecule has 0 aliphatic carbocycles. The Morgan fingerprint density at radius 3 is 2.44 bits per heavy atom. The van der Waals surface area contributed by atoms with Crippen molar-refractivity contribution in [1.82, 2.24) is 9.71 Å². The van der Waals surface area contributed by atoms with Crippen LogP contribution in [0, 0.1) is 5.41 Å². The lowest BCUT2D eigenvalue weighted by Gasteiger charge is -2.22. The minimum atomic E-state index is -0.243. The highest BCUT2D eigenvalue weighted by Crippen LogP contribution is 2.12. The van der Waals surface area contributed by atoms with E-state index in [9.17, 15) is 5.21 Å². The molecule has 0 aliphatic rings. The largest absolute Gasteiger partial charge is 0.423 e. The number of nitrogens with zero attached hydrogens (tertiary/aromatic N) is 3. The molecule has 0 saturated carbocycles. The minimum Gasteiger partial charge on any atom is -0.423 e. The van der Waals surface area contributed by atoms with Gasteiger partial charge in [0.25, 0.3) is 5.62 Å². The van der Waals surface area contributed by atoms with Crippen molar-refractivity contribution >= 4 is 11.6 Å². The third-order valence-corrected chi connectivity index (χ3v) is 2.25. The van der Waals surface area contributed by atoms with Gasteiger partial charge in [-0.3, -0.25) is 5.41 Å². The SMILES string of the molecule is CCCN(CCC)c1cc(N)n(O)c(=N)n1.